The van der Waals surface area contributed by atoms with E-state index in [1.807, 2.05) is 0 Å². The number of methoxy groups -OCH3 is 1. The third kappa shape index (κ3) is 2.68. The van der Waals surface area contributed by atoms with Crippen molar-refractivity contribution in [3.05, 3.63) is 39.9 Å². The van der Waals surface area contributed by atoms with Crippen molar-refractivity contribution in [1.82, 2.24) is 0 Å². The van der Waals surface area contributed by atoms with E-state index >= 15 is 0 Å². The van der Waals surface area contributed by atoms with Gasteiger partial charge < -0.3 is 14.9 Å². The Morgan fingerprint density at radius 1 is 1.44 bits per heavy atom. The van der Waals surface area contributed by atoms with E-state index in [9.17, 15) is 15.2 Å². The summed E-state index contributed by atoms with van der Waals surface area (Å²) in [7, 11) is 1.50. The zero-order valence-corrected chi connectivity index (χ0v) is 8.74. The molecule has 16 heavy (non-hydrogen) atoms. The lowest BCUT2D eigenvalue weighted by Gasteiger charge is -2.14. The summed E-state index contributed by atoms with van der Waals surface area (Å²) in [6.07, 6.45) is -1.33. The molecule has 2 N–H and O–H groups in total. The summed E-state index contributed by atoms with van der Waals surface area (Å²) in [5.41, 5.74) is 0.372. The van der Waals surface area contributed by atoms with E-state index in [0.717, 1.165) is 0 Å². The molecule has 0 amide bonds. The quantitative estimate of drug-likeness (QED) is 0.559. The Morgan fingerprint density at radius 3 is 2.38 bits per heavy atom. The fourth-order valence-electron chi connectivity index (χ4n) is 1.31. The highest BCUT2D eigenvalue weighted by Gasteiger charge is 2.30. The Bertz CT molecular complexity index is 351. The van der Waals surface area contributed by atoms with Crippen molar-refractivity contribution >= 4 is 0 Å². The minimum atomic E-state index is -1.41. The average Bonchev–Trinajstić information content (AvgIpc) is 2.29. The Balaban J connectivity index is 2.86. The van der Waals surface area contributed by atoms with Crippen molar-refractivity contribution in [2.24, 2.45) is 0 Å². The third-order valence-electron chi connectivity index (χ3n) is 2.28. The maximum absolute atomic E-state index is 10.5. The van der Waals surface area contributed by atoms with E-state index in [-0.39, 0.29) is 0 Å². The first kappa shape index (κ1) is 12.4. The summed E-state index contributed by atoms with van der Waals surface area (Å²) in [6.45, 7) is -0.708. The van der Waals surface area contributed by atoms with Crippen LogP contribution in [0.25, 0.3) is 0 Å². The van der Waals surface area contributed by atoms with Crippen LogP contribution >= 0.6 is 0 Å². The second-order valence-corrected chi connectivity index (χ2v) is 3.25. The summed E-state index contributed by atoms with van der Waals surface area (Å²) in [5.74, 6) is 0.595. The van der Waals surface area contributed by atoms with Crippen LogP contribution < -0.4 is 4.74 Å². The van der Waals surface area contributed by atoms with Gasteiger partial charge in [-0.25, -0.2) is 0 Å². The topological polar surface area (TPSA) is 92.8 Å². The van der Waals surface area contributed by atoms with Gasteiger partial charge in [-0.1, -0.05) is 12.1 Å². The van der Waals surface area contributed by atoms with Gasteiger partial charge in [-0.15, -0.1) is 0 Å². The molecule has 0 spiro atoms. The highest BCUT2D eigenvalue weighted by atomic mass is 16.6. The highest BCUT2D eigenvalue weighted by Crippen LogP contribution is 2.21. The Morgan fingerprint density at radius 2 is 2.00 bits per heavy atom. The summed E-state index contributed by atoms with van der Waals surface area (Å²) < 4.78 is 4.92. The van der Waals surface area contributed by atoms with Crippen molar-refractivity contribution in [3.63, 3.8) is 0 Å². The Kier molecular flexibility index (Phi) is 4.21. The lowest BCUT2D eigenvalue weighted by molar-refractivity contribution is -0.539. The molecule has 6 nitrogen and oxygen atoms in total. The molecule has 0 bridgehead atoms. The standard InChI is InChI=1S/C10H13NO5/c1-16-8-4-2-7(3-5-8)10(13)9(6-12)11(14)15/h2-5,9-10,12-13H,6H2,1H3/t9-,10-/m1/s1. The molecule has 0 aliphatic carbocycles. The van der Waals surface area contributed by atoms with E-state index in [1.54, 1.807) is 12.1 Å². The molecule has 1 aromatic rings. The Hall–Kier alpha value is -1.66. The number of hydrogen-bond acceptors (Lipinski definition) is 5. The molecular formula is C10H13NO5. The van der Waals surface area contributed by atoms with Crippen LogP contribution in [0.3, 0.4) is 0 Å². The fourth-order valence-corrected chi connectivity index (χ4v) is 1.31. The molecule has 0 saturated heterocycles. The molecular weight excluding hydrogens is 214 g/mol. The number of nitro groups is 1. The van der Waals surface area contributed by atoms with Gasteiger partial charge in [-0.3, -0.25) is 10.1 Å². The van der Waals surface area contributed by atoms with Crippen molar-refractivity contribution in [1.29, 1.82) is 0 Å². The number of aliphatic hydroxyl groups excluding tert-OH is 2. The Labute approximate surface area is 92.2 Å². The van der Waals surface area contributed by atoms with Crippen LogP contribution in [0.15, 0.2) is 24.3 Å². The number of nitrogens with zero attached hydrogens (tertiary/aromatic N) is 1. The molecule has 0 heterocycles. The molecule has 0 radical (unpaired) electrons. The van der Waals surface area contributed by atoms with Gasteiger partial charge in [0.1, 0.15) is 18.5 Å². The summed E-state index contributed by atoms with van der Waals surface area (Å²) >= 11 is 0. The zero-order valence-electron chi connectivity index (χ0n) is 8.74. The second-order valence-electron chi connectivity index (χ2n) is 3.25. The van der Waals surface area contributed by atoms with Crippen LogP contribution in [0.5, 0.6) is 5.75 Å². The van der Waals surface area contributed by atoms with E-state index in [2.05, 4.69) is 0 Å². The molecule has 2 atom stereocenters. The molecule has 0 aromatic heterocycles. The lowest BCUT2D eigenvalue weighted by Crippen LogP contribution is -2.31. The van der Waals surface area contributed by atoms with Gasteiger partial charge in [0.05, 0.1) is 7.11 Å². The highest BCUT2D eigenvalue weighted by molar-refractivity contribution is 5.28. The second kappa shape index (κ2) is 5.43. The largest absolute Gasteiger partial charge is 0.497 e. The summed E-state index contributed by atoms with van der Waals surface area (Å²) in [6, 6.07) is 4.82. The molecule has 6 heteroatoms. The van der Waals surface area contributed by atoms with Crippen molar-refractivity contribution in [2.75, 3.05) is 13.7 Å². The zero-order chi connectivity index (χ0) is 12.1. The summed E-state index contributed by atoms with van der Waals surface area (Å²) in [4.78, 5) is 9.83. The molecule has 88 valence electrons. The maximum atomic E-state index is 10.5. The fraction of sp³-hybridized carbons (Fsp3) is 0.400. The summed E-state index contributed by atoms with van der Waals surface area (Å²) in [5, 5.41) is 29.0. The smallest absolute Gasteiger partial charge is 0.265 e. The van der Waals surface area contributed by atoms with E-state index in [4.69, 9.17) is 9.84 Å². The number of ether oxygens (including phenoxy) is 1. The maximum Gasteiger partial charge on any atom is 0.265 e. The number of benzene rings is 1. The van der Waals surface area contributed by atoms with Crippen LogP contribution in [-0.4, -0.2) is 34.9 Å². The first-order chi connectivity index (χ1) is 7.60. The van der Waals surface area contributed by atoms with Crippen LogP contribution in [-0.2, 0) is 0 Å². The predicted molar refractivity (Wildman–Crippen MR) is 55.8 cm³/mol. The van der Waals surface area contributed by atoms with Crippen LogP contribution in [0.4, 0.5) is 0 Å². The molecule has 1 aromatic carbocycles. The van der Waals surface area contributed by atoms with Gasteiger partial charge in [0, 0.05) is 4.92 Å². The minimum absolute atomic E-state index is 0.372. The van der Waals surface area contributed by atoms with Crippen LogP contribution in [0, 0.1) is 10.1 Å². The van der Waals surface area contributed by atoms with E-state index < -0.39 is 23.7 Å². The van der Waals surface area contributed by atoms with E-state index in [0.29, 0.717) is 11.3 Å². The first-order valence-corrected chi connectivity index (χ1v) is 4.66. The van der Waals surface area contributed by atoms with Gasteiger partial charge in [-0.05, 0) is 17.7 Å². The first-order valence-electron chi connectivity index (χ1n) is 4.66. The van der Waals surface area contributed by atoms with Gasteiger partial charge in [-0.2, -0.15) is 0 Å². The molecule has 0 aliphatic rings. The van der Waals surface area contributed by atoms with Gasteiger partial charge >= 0.3 is 0 Å². The number of hydrogen-bond donors (Lipinski definition) is 2. The molecule has 0 fully saturated rings. The lowest BCUT2D eigenvalue weighted by atomic mass is 10.0. The minimum Gasteiger partial charge on any atom is -0.497 e. The molecule has 0 unspecified atom stereocenters. The van der Waals surface area contributed by atoms with Crippen LogP contribution in [0.2, 0.25) is 0 Å². The van der Waals surface area contributed by atoms with E-state index in [1.165, 1.54) is 19.2 Å². The average molecular weight is 227 g/mol. The van der Waals surface area contributed by atoms with Crippen molar-refractivity contribution in [3.8, 4) is 5.75 Å². The van der Waals surface area contributed by atoms with Crippen molar-refractivity contribution in [2.45, 2.75) is 12.1 Å². The number of rotatable bonds is 5. The molecule has 1 rings (SSSR count). The van der Waals surface area contributed by atoms with Gasteiger partial charge in [0.15, 0.2) is 0 Å². The normalized spacial score (nSPS) is 14.2. The molecule has 0 aliphatic heterocycles. The SMILES string of the molecule is COc1ccc([C@@H](O)[C@@H](CO)[N+](=O)[O-])cc1. The van der Waals surface area contributed by atoms with Crippen LogP contribution in [0.1, 0.15) is 11.7 Å². The van der Waals surface area contributed by atoms with Crippen molar-refractivity contribution < 1.29 is 19.9 Å². The van der Waals surface area contributed by atoms with Gasteiger partial charge in [0.25, 0.3) is 6.04 Å². The third-order valence-corrected chi connectivity index (χ3v) is 2.28. The monoisotopic (exact) mass is 227 g/mol. The number of aliphatic hydroxyl groups is 2. The molecule has 0 saturated carbocycles. The van der Waals surface area contributed by atoms with Gasteiger partial charge in [0.2, 0.25) is 0 Å². The predicted octanol–water partition coefficient (Wildman–Crippen LogP) is 0.366.